The molecule has 0 radical (unpaired) electrons. The fourth-order valence-electron chi connectivity index (χ4n) is 4.25. The number of hydrogen-bond acceptors (Lipinski definition) is 4. The fourth-order valence-corrected chi connectivity index (χ4v) is 4.25. The van der Waals surface area contributed by atoms with Gasteiger partial charge in [-0.1, -0.05) is 72.8 Å². The van der Waals surface area contributed by atoms with E-state index in [0.717, 1.165) is 33.9 Å². The highest BCUT2D eigenvalue weighted by molar-refractivity contribution is 6.22. The lowest BCUT2D eigenvalue weighted by atomic mass is 9.86. The summed E-state index contributed by atoms with van der Waals surface area (Å²) in [7, 11) is 0. The van der Waals surface area contributed by atoms with Gasteiger partial charge in [-0.05, 0) is 30.2 Å². The maximum atomic E-state index is 13.5. The second kappa shape index (κ2) is 7.73. The highest BCUT2D eigenvalue weighted by Gasteiger charge is 2.44. The van der Waals surface area contributed by atoms with Gasteiger partial charge in [0.2, 0.25) is 0 Å². The zero-order valence-electron chi connectivity index (χ0n) is 16.7. The number of carbonyl (C=O) groups excluding carboxylic acids is 1. The number of aliphatic imine (C=N–C) groups is 1. The van der Waals surface area contributed by atoms with E-state index in [4.69, 9.17) is 9.73 Å². The van der Waals surface area contributed by atoms with Crippen molar-refractivity contribution in [3.8, 4) is 0 Å². The van der Waals surface area contributed by atoms with Crippen LogP contribution in [0.3, 0.4) is 0 Å². The molecular weight excluding hydrogens is 372 g/mol. The molecule has 5 rings (SSSR count). The molecular formula is C26H22N2O2. The second-order valence-corrected chi connectivity index (χ2v) is 7.34. The zero-order valence-corrected chi connectivity index (χ0v) is 16.7. The number of ketones is 1. The molecule has 0 unspecified atom stereocenters. The lowest BCUT2D eigenvalue weighted by Gasteiger charge is -2.40. The van der Waals surface area contributed by atoms with Gasteiger partial charge in [0.05, 0.1) is 22.8 Å². The number of ether oxygens (including phenoxy) is 1. The van der Waals surface area contributed by atoms with Crippen molar-refractivity contribution in [1.82, 2.24) is 0 Å². The molecule has 2 aliphatic heterocycles. The number of carbonyl (C=O) groups is 1. The summed E-state index contributed by atoms with van der Waals surface area (Å²) in [5, 5.41) is 0. The van der Waals surface area contributed by atoms with Crippen molar-refractivity contribution in [3.05, 3.63) is 102 Å². The maximum absolute atomic E-state index is 13.5. The molecule has 30 heavy (non-hydrogen) atoms. The van der Waals surface area contributed by atoms with Gasteiger partial charge in [0.1, 0.15) is 12.1 Å². The van der Waals surface area contributed by atoms with Gasteiger partial charge in [0.25, 0.3) is 0 Å². The van der Waals surface area contributed by atoms with E-state index < -0.39 is 12.1 Å². The minimum Gasteiger partial charge on any atom is -0.357 e. The van der Waals surface area contributed by atoms with Gasteiger partial charge in [-0.2, -0.15) is 0 Å². The smallest absolute Gasteiger partial charge is 0.171 e. The Labute approximate surface area is 176 Å². The zero-order chi connectivity index (χ0) is 20.5. The van der Waals surface area contributed by atoms with Crippen molar-refractivity contribution in [2.75, 3.05) is 11.5 Å². The molecule has 3 aromatic rings. The fraction of sp³-hybridized carbons (Fsp3) is 0.154. The first-order valence-corrected chi connectivity index (χ1v) is 10.2. The quantitative estimate of drug-likeness (QED) is 0.608. The molecule has 2 bridgehead atoms. The van der Waals surface area contributed by atoms with Crippen molar-refractivity contribution in [2.45, 2.75) is 13.2 Å². The monoisotopic (exact) mass is 394 g/mol. The first kappa shape index (κ1) is 18.5. The number of para-hydroxylation sites is 2. The minimum atomic E-state index is -0.507. The van der Waals surface area contributed by atoms with E-state index in [1.54, 1.807) is 6.08 Å². The predicted molar refractivity (Wildman–Crippen MR) is 120 cm³/mol. The summed E-state index contributed by atoms with van der Waals surface area (Å²) in [6, 6.07) is 27.9. The molecule has 0 N–H and O–H groups in total. The van der Waals surface area contributed by atoms with Gasteiger partial charge >= 0.3 is 0 Å². The third kappa shape index (κ3) is 3.06. The topological polar surface area (TPSA) is 41.9 Å². The van der Waals surface area contributed by atoms with Crippen LogP contribution in [0.4, 0.5) is 11.4 Å². The molecule has 0 saturated heterocycles. The average Bonchev–Trinajstić information content (AvgIpc) is 2.90. The van der Waals surface area contributed by atoms with Crippen molar-refractivity contribution < 1.29 is 9.53 Å². The molecule has 0 saturated carbocycles. The summed E-state index contributed by atoms with van der Waals surface area (Å²) in [5.41, 5.74) is 5.28. The summed E-state index contributed by atoms with van der Waals surface area (Å²) < 4.78 is 6.24. The standard InChI is InChI=1S/C26H22N2O2/c1-2-30-26-24-23(29)17-22(18-11-5-3-6-12-18)28(26)21-16-10-9-15-20(21)27-25(24)19-13-7-4-8-14-19/h3-17,24,26H,2H2,1H3/t24-,26+/m1/s1. The van der Waals surface area contributed by atoms with Crippen LogP contribution >= 0.6 is 0 Å². The van der Waals surface area contributed by atoms with Crippen LogP contribution in [0, 0.1) is 5.92 Å². The van der Waals surface area contributed by atoms with E-state index in [-0.39, 0.29) is 5.78 Å². The third-order valence-corrected chi connectivity index (χ3v) is 5.54. The van der Waals surface area contributed by atoms with E-state index in [0.29, 0.717) is 6.61 Å². The van der Waals surface area contributed by atoms with E-state index in [1.807, 2.05) is 91.9 Å². The first-order chi connectivity index (χ1) is 14.8. The summed E-state index contributed by atoms with van der Waals surface area (Å²) in [4.78, 5) is 20.6. The van der Waals surface area contributed by atoms with E-state index in [2.05, 4.69) is 4.90 Å². The van der Waals surface area contributed by atoms with Crippen molar-refractivity contribution >= 4 is 28.6 Å². The number of benzene rings is 3. The molecule has 2 heterocycles. The molecule has 2 aliphatic rings. The first-order valence-electron chi connectivity index (χ1n) is 10.2. The van der Waals surface area contributed by atoms with Crippen molar-refractivity contribution in [3.63, 3.8) is 0 Å². The molecule has 148 valence electrons. The Hall–Kier alpha value is -3.50. The summed E-state index contributed by atoms with van der Waals surface area (Å²) in [6.45, 7) is 2.46. The highest BCUT2D eigenvalue weighted by atomic mass is 16.5. The van der Waals surface area contributed by atoms with Gasteiger partial charge < -0.3 is 9.64 Å². The van der Waals surface area contributed by atoms with Gasteiger partial charge in [-0.3, -0.25) is 4.79 Å². The van der Waals surface area contributed by atoms with Crippen molar-refractivity contribution in [2.24, 2.45) is 10.9 Å². The molecule has 4 heteroatoms. The number of nitrogens with zero attached hydrogens (tertiary/aromatic N) is 2. The number of hydrogen-bond donors (Lipinski definition) is 0. The Morgan fingerprint density at radius 1 is 0.867 bits per heavy atom. The van der Waals surface area contributed by atoms with Crippen LogP contribution in [-0.4, -0.2) is 24.3 Å². The van der Waals surface area contributed by atoms with Gasteiger partial charge in [0, 0.05) is 12.7 Å². The van der Waals surface area contributed by atoms with Crippen LogP contribution in [0.25, 0.3) is 5.70 Å². The van der Waals surface area contributed by atoms with Crippen LogP contribution in [0.5, 0.6) is 0 Å². The number of anilines is 1. The second-order valence-electron chi connectivity index (χ2n) is 7.34. The van der Waals surface area contributed by atoms with Crippen LogP contribution in [0.15, 0.2) is 96.0 Å². The Bertz CT molecular complexity index is 1140. The molecule has 4 nitrogen and oxygen atoms in total. The van der Waals surface area contributed by atoms with Crippen LogP contribution in [-0.2, 0) is 9.53 Å². The summed E-state index contributed by atoms with van der Waals surface area (Å²) in [6.07, 6.45) is 1.28. The van der Waals surface area contributed by atoms with Gasteiger partial charge in [-0.25, -0.2) is 4.99 Å². The SMILES string of the molecule is CCO[C@H]1[C@@H]2C(=O)C=C(c3ccccc3)N1c1ccccc1N=C2c1ccccc1. The Kier molecular flexibility index (Phi) is 4.77. The third-order valence-electron chi connectivity index (χ3n) is 5.54. The molecule has 0 amide bonds. The molecule has 0 aliphatic carbocycles. The molecule has 3 aromatic carbocycles. The number of rotatable bonds is 4. The average molecular weight is 394 g/mol. The normalized spacial score (nSPS) is 20.2. The van der Waals surface area contributed by atoms with Gasteiger partial charge in [0.15, 0.2) is 5.78 Å². The molecule has 2 atom stereocenters. The van der Waals surface area contributed by atoms with E-state index in [9.17, 15) is 4.79 Å². The molecule has 0 aromatic heterocycles. The lowest BCUT2D eigenvalue weighted by molar-refractivity contribution is -0.120. The van der Waals surface area contributed by atoms with Gasteiger partial charge in [-0.15, -0.1) is 0 Å². The maximum Gasteiger partial charge on any atom is 0.171 e. The van der Waals surface area contributed by atoms with E-state index >= 15 is 0 Å². The largest absolute Gasteiger partial charge is 0.357 e. The molecule has 0 spiro atoms. The van der Waals surface area contributed by atoms with Crippen LogP contribution in [0.2, 0.25) is 0 Å². The Morgan fingerprint density at radius 2 is 1.50 bits per heavy atom. The predicted octanol–water partition coefficient (Wildman–Crippen LogP) is 5.23. The molecule has 0 fully saturated rings. The van der Waals surface area contributed by atoms with Crippen molar-refractivity contribution in [1.29, 1.82) is 0 Å². The van der Waals surface area contributed by atoms with Crippen LogP contribution in [0.1, 0.15) is 18.1 Å². The highest BCUT2D eigenvalue weighted by Crippen LogP contribution is 2.44. The Morgan fingerprint density at radius 3 is 2.20 bits per heavy atom. The number of fused-ring (bicyclic) bond motifs is 4. The van der Waals surface area contributed by atoms with E-state index in [1.165, 1.54) is 0 Å². The van der Waals surface area contributed by atoms with Crippen LogP contribution < -0.4 is 4.90 Å². The number of allylic oxidation sites excluding steroid dienone is 1. The lowest BCUT2D eigenvalue weighted by Crippen LogP contribution is -2.50. The summed E-state index contributed by atoms with van der Waals surface area (Å²) >= 11 is 0. The summed E-state index contributed by atoms with van der Waals surface area (Å²) in [5.74, 6) is -0.494. The minimum absolute atomic E-state index is 0.0129. The Balaban J connectivity index is 1.78.